The lowest BCUT2D eigenvalue weighted by Crippen LogP contribution is -2.07. The van der Waals surface area contributed by atoms with Gasteiger partial charge in [-0.15, -0.1) is 0 Å². The molecule has 1 fully saturated rings. The molecule has 15 heavy (non-hydrogen) atoms. The summed E-state index contributed by atoms with van der Waals surface area (Å²) in [6, 6.07) is 3.72. The Morgan fingerprint density at radius 2 is 2.33 bits per heavy atom. The maximum absolute atomic E-state index is 8.74. The molecule has 1 aliphatic carbocycles. The predicted octanol–water partition coefficient (Wildman–Crippen LogP) is 1.87. The molecule has 0 aliphatic heterocycles. The summed E-state index contributed by atoms with van der Waals surface area (Å²) in [5.41, 5.74) is 1.26. The topological polar surface area (TPSA) is 61.6 Å². The van der Waals surface area contributed by atoms with E-state index in [0.29, 0.717) is 11.6 Å². The maximum atomic E-state index is 8.74. The van der Waals surface area contributed by atoms with E-state index >= 15 is 0 Å². The molecule has 1 heterocycles. The molecule has 2 rings (SSSR count). The number of anilines is 1. The minimum Gasteiger partial charge on any atom is -0.354 e. The van der Waals surface area contributed by atoms with Crippen molar-refractivity contribution >= 4 is 5.95 Å². The Bertz CT molecular complexity index is 390. The lowest BCUT2D eigenvalue weighted by atomic mass is 10.3. The number of nitriles is 1. The summed E-state index contributed by atoms with van der Waals surface area (Å²) in [6.07, 6.45) is 3.90. The van der Waals surface area contributed by atoms with Crippen molar-refractivity contribution in [1.29, 1.82) is 5.26 Å². The molecule has 0 spiro atoms. The highest BCUT2D eigenvalue weighted by Crippen LogP contribution is 2.31. The number of nitrogens with one attached hydrogen (secondary N) is 1. The molecule has 1 aliphatic rings. The van der Waals surface area contributed by atoms with Crippen molar-refractivity contribution < 1.29 is 0 Å². The zero-order chi connectivity index (χ0) is 10.7. The molecule has 0 unspecified atom stereocenters. The largest absolute Gasteiger partial charge is 0.354 e. The molecule has 0 aromatic carbocycles. The number of aryl methyl sites for hydroxylation is 1. The minimum atomic E-state index is 0.427. The Morgan fingerprint density at radius 1 is 1.53 bits per heavy atom. The van der Waals surface area contributed by atoms with Gasteiger partial charge in [0.1, 0.15) is 11.8 Å². The molecule has 0 radical (unpaired) electrons. The van der Waals surface area contributed by atoms with E-state index in [-0.39, 0.29) is 0 Å². The molecule has 1 N–H and O–H groups in total. The van der Waals surface area contributed by atoms with Crippen LogP contribution in [0.5, 0.6) is 0 Å². The van der Waals surface area contributed by atoms with Gasteiger partial charge in [0.25, 0.3) is 0 Å². The summed E-state index contributed by atoms with van der Waals surface area (Å²) in [4.78, 5) is 8.31. The first kappa shape index (κ1) is 9.91. The minimum absolute atomic E-state index is 0.427. The first-order valence-corrected chi connectivity index (χ1v) is 5.27. The number of nitrogens with zero attached hydrogens (tertiary/aromatic N) is 3. The molecular weight excluding hydrogens is 188 g/mol. The quantitative estimate of drug-likeness (QED) is 0.809. The van der Waals surface area contributed by atoms with Crippen LogP contribution in [0, 0.1) is 24.2 Å². The van der Waals surface area contributed by atoms with Crippen molar-refractivity contribution in [3.8, 4) is 6.07 Å². The molecule has 4 heteroatoms. The number of hydrogen-bond donors (Lipinski definition) is 1. The van der Waals surface area contributed by atoms with Crippen molar-refractivity contribution in [3.05, 3.63) is 17.5 Å². The van der Waals surface area contributed by atoms with Crippen molar-refractivity contribution in [2.24, 2.45) is 5.92 Å². The molecule has 1 aromatic rings. The smallest absolute Gasteiger partial charge is 0.224 e. The molecule has 0 bridgehead atoms. The Balaban J connectivity index is 1.94. The highest BCUT2D eigenvalue weighted by atomic mass is 15.1. The van der Waals surface area contributed by atoms with Crippen molar-refractivity contribution in [2.75, 3.05) is 11.9 Å². The Hall–Kier alpha value is -1.63. The third-order valence-corrected chi connectivity index (χ3v) is 2.50. The number of hydrogen-bond acceptors (Lipinski definition) is 4. The molecule has 0 saturated heterocycles. The van der Waals surface area contributed by atoms with Gasteiger partial charge in [0.05, 0.1) is 0 Å². The normalized spacial score (nSPS) is 14.7. The van der Waals surface area contributed by atoms with Crippen molar-refractivity contribution in [2.45, 2.75) is 26.2 Å². The molecule has 0 amide bonds. The van der Waals surface area contributed by atoms with Crippen molar-refractivity contribution in [3.63, 3.8) is 0 Å². The van der Waals surface area contributed by atoms with Gasteiger partial charge in [0.2, 0.25) is 5.95 Å². The fourth-order valence-corrected chi connectivity index (χ4v) is 1.50. The molecule has 1 saturated carbocycles. The van der Waals surface area contributed by atoms with Crippen LogP contribution in [0.25, 0.3) is 0 Å². The predicted molar refractivity (Wildman–Crippen MR) is 57.3 cm³/mol. The van der Waals surface area contributed by atoms with Crippen LogP contribution in [0.15, 0.2) is 6.07 Å². The number of rotatable bonds is 4. The van der Waals surface area contributed by atoms with Gasteiger partial charge in [-0.1, -0.05) is 12.8 Å². The van der Waals surface area contributed by atoms with Gasteiger partial charge in [-0.25, -0.2) is 9.97 Å². The second kappa shape index (κ2) is 4.26. The van der Waals surface area contributed by atoms with E-state index < -0.39 is 0 Å². The first-order valence-electron chi connectivity index (χ1n) is 5.27. The SMILES string of the molecule is Cc1cc(C#N)nc(NCCC2CC2)n1. The van der Waals surface area contributed by atoms with E-state index in [2.05, 4.69) is 15.3 Å². The third-order valence-electron chi connectivity index (χ3n) is 2.50. The van der Waals surface area contributed by atoms with Gasteiger partial charge < -0.3 is 5.32 Å². The summed E-state index contributed by atoms with van der Waals surface area (Å²) in [6.45, 7) is 2.77. The van der Waals surface area contributed by atoms with E-state index in [9.17, 15) is 0 Å². The van der Waals surface area contributed by atoms with Crippen LogP contribution in [-0.4, -0.2) is 16.5 Å². The molecule has 1 aromatic heterocycles. The van der Waals surface area contributed by atoms with Gasteiger partial charge in [0.15, 0.2) is 0 Å². The first-order chi connectivity index (χ1) is 7.28. The fraction of sp³-hybridized carbons (Fsp3) is 0.545. The van der Waals surface area contributed by atoms with Crippen LogP contribution in [0.1, 0.15) is 30.7 Å². The van der Waals surface area contributed by atoms with Gasteiger partial charge in [-0.05, 0) is 25.3 Å². The standard InChI is InChI=1S/C11H14N4/c1-8-6-10(7-12)15-11(14-8)13-5-4-9-2-3-9/h6,9H,2-5H2,1H3,(H,13,14,15). The second-order valence-corrected chi connectivity index (χ2v) is 3.99. The number of aromatic nitrogens is 2. The van der Waals surface area contributed by atoms with Gasteiger partial charge in [0, 0.05) is 12.2 Å². The van der Waals surface area contributed by atoms with E-state index in [1.807, 2.05) is 13.0 Å². The van der Waals surface area contributed by atoms with E-state index in [4.69, 9.17) is 5.26 Å². The van der Waals surface area contributed by atoms with E-state index in [1.165, 1.54) is 19.3 Å². The van der Waals surface area contributed by atoms with E-state index in [1.54, 1.807) is 6.07 Å². The van der Waals surface area contributed by atoms with Gasteiger partial charge in [-0.3, -0.25) is 0 Å². The monoisotopic (exact) mass is 202 g/mol. The summed E-state index contributed by atoms with van der Waals surface area (Å²) in [5.74, 6) is 1.48. The van der Waals surface area contributed by atoms with Gasteiger partial charge in [-0.2, -0.15) is 5.26 Å². The summed E-state index contributed by atoms with van der Waals surface area (Å²) < 4.78 is 0. The highest BCUT2D eigenvalue weighted by Gasteiger charge is 2.20. The van der Waals surface area contributed by atoms with Gasteiger partial charge >= 0.3 is 0 Å². The van der Waals surface area contributed by atoms with Crippen LogP contribution < -0.4 is 5.32 Å². The molecule has 4 nitrogen and oxygen atoms in total. The van der Waals surface area contributed by atoms with E-state index in [0.717, 1.165) is 18.2 Å². The van der Waals surface area contributed by atoms with Crippen LogP contribution in [0.3, 0.4) is 0 Å². The van der Waals surface area contributed by atoms with Crippen molar-refractivity contribution in [1.82, 2.24) is 9.97 Å². The summed E-state index contributed by atoms with van der Waals surface area (Å²) in [5, 5.41) is 11.9. The average Bonchev–Trinajstić information content (AvgIpc) is 3.01. The summed E-state index contributed by atoms with van der Waals surface area (Å²) >= 11 is 0. The van der Waals surface area contributed by atoms with Crippen LogP contribution in [0.4, 0.5) is 5.95 Å². The Morgan fingerprint density at radius 3 is 3.00 bits per heavy atom. The van der Waals surface area contributed by atoms with Crippen LogP contribution in [-0.2, 0) is 0 Å². The Kier molecular flexibility index (Phi) is 2.82. The highest BCUT2D eigenvalue weighted by molar-refractivity contribution is 5.32. The second-order valence-electron chi connectivity index (χ2n) is 3.99. The van der Waals surface area contributed by atoms with Crippen LogP contribution >= 0.6 is 0 Å². The molecule has 78 valence electrons. The molecule has 0 atom stereocenters. The zero-order valence-corrected chi connectivity index (χ0v) is 8.82. The van der Waals surface area contributed by atoms with Crippen LogP contribution in [0.2, 0.25) is 0 Å². The average molecular weight is 202 g/mol. The summed E-state index contributed by atoms with van der Waals surface area (Å²) in [7, 11) is 0. The maximum Gasteiger partial charge on any atom is 0.224 e. The zero-order valence-electron chi connectivity index (χ0n) is 8.82. The Labute approximate surface area is 89.4 Å². The fourth-order valence-electron chi connectivity index (χ4n) is 1.50. The lowest BCUT2D eigenvalue weighted by Gasteiger charge is -2.04. The molecular formula is C11H14N4. The lowest BCUT2D eigenvalue weighted by molar-refractivity contribution is 0.755. The third kappa shape index (κ3) is 2.91.